The summed E-state index contributed by atoms with van der Waals surface area (Å²) in [5, 5.41) is 8.30. The third-order valence-electron chi connectivity index (χ3n) is 4.96. The van der Waals surface area contributed by atoms with Crippen molar-refractivity contribution in [1.82, 2.24) is 10.2 Å². The van der Waals surface area contributed by atoms with Crippen molar-refractivity contribution in [2.24, 2.45) is 0 Å². The van der Waals surface area contributed by atoms with Gasteiger partial charge in [-0.25, -0.2) is 14.0 Å². The number of hydrogen-bond acceptors (Lipinski definition) is 3. The third-order valence-corrected chi connectivity index (χ3v) is 4.96. The Labute approximate surface area is 183 Å². The summed E-state index contributed by atoms with van der Waals surface area (Å²) < 4.78 is 13.5. The van der Waals surface area contributed by atoms with Crippen LogP contribution in [0, 0.1) is 5.82 Å². The van der Waals surface area contributed by atoms with Crippen molar-refractivity contribution in [2.45, 2.75) is 39.8 Å². The number of carbonyl (C=O) groups is 2. The Morgan fingerprint density at radius 3 is 2.35 bits per heavy atom. The van der Waals surface area contributed by atoms with Gasteiger partial charge in [0.25, 0.3) is 0 Å². The molecule has 0 aliphatic rings. The van der Waals surface area contributed by atoms with Gasteiger partial charge in [-0.15, -0.1) is 0 Å². The summed E-state index contributed by atoms with van der Waals surface area (Å²) in [5.74, 6) is -0.410. The maximum atomic E-state index is 13.5. The Balaban J connectivity index is 2.31. The number of anilines is 3. The highest BCUT2D eigenvalue weighted by Crippen LogP contribution is 2.26. The van der Waals surface area contributed by atoms with Gasteiger partial charge in [-0.1, -0.05) is 13.0 Å². The molecule has 0 saturated heterocycles. The first-order chi connectivity index (χ1) is 14.7. The molecule has 0 aromatic heterocycles. The number of nitrogens with one attached hydrogen (secondary N) is 3. The second-order valence-corrected chi connectivity index (χ2v) is 7.55. The zero-order valence-corrected chi connectivity index (χ0v) is 18.8. The quantitative estimate of drug-likeness (QED) is 0.561. The summed E-state index contributed by atoms with van der Waals surface area (Å²) in [6.45, 7) is 6.68. The third kappa shape index (κ3) is 6.87. The van der Waals surface area contributed by atoms with Gasteiger partial charge in [0, 0.05) is 50.3 Å². The molecule has 1 unspecified atom stereocenters. The molecule has 3 N–H and O–H groups in total. The van der Waals surface area contributed by atoms with Gasteiger partial charge in [0.15, 0.2) is 0 Å². The molecule has 2 aromatic rings. The number of hydrogen-bond donors (Lipinski definition) is 3. The average molecular weight is 430 g/mol. The molecule has 1 atom stereocenters. The van der Waals surface area contributed by atoms with E-state index in [-0.39, 0.29) is 18.1 Å². The van der Waals surface area contributed by atoms with Crippen LogP contribution in [0.25, 0.3) is 0 Å². The van der Waals surface area contributed by atoms with Gasteiger partial charge in [-0.2, -0.15) is 0 Å². The summed E-state index contributed by atoms with van der Waals surface area (Å²) in [5.41, 5.74) is 2.86. The summed E-state index contributed by atoms with van der Waals surface area (Å²) in [4.78, 5) is 28.7. The van der Waals surface area contributed by atoms with Crippen LogP contribution in [-0.2, 0) is 6.54 Å². The molecule has 0 spiro atoms. The summed E-state index contributed by atoms with van der Waals surface area (Å²) in [6.07, 6.45) is 0.755. The van der Waals surface area contributed by atoms with Crippen LogP contribution in [0.5, 0.6) is 0 Å². The molecule has 0 bridgehead atoms. The van der Waals surface area contributed by atoms with Gasteiger partial charge in [-0.05, 0) is 62.2 Å². The Bertz CT molecular complexity index is 903. The lowest BCUT2D eigenvalue weighted by molar-refractivity contribution is 0.187. The Morgan fingerprint density at radius 2 is 1.74 bits per heavy atom. The maximum Gasteiger partial charge on any atom is 0.322 e. The number of benzene rings is 2. The second kappa shape index (κ2) is 11.2. The molecule has 0 aliphatic heterocycles. The van der Waals surface area contributed by atoms with Gasteiger partial charge in [0.05, 0.1) is 0 Å². The van der Waals surface area contributed by atoms with Crippen LogP contribution in [-0.4, -0.2) is 43.6 Å². The van der Waals surface area contributed by atoms with Crippen LogP contribution in [0.15, 0.2) is 42.5 Å². The average Bonchev–Trinajstić information content (AvgIpc) is 2.71. The van der Waals surface area contributed by atoms with Crippen LogP contribution >= 0.6 is 0 Å². The topological polar surface area (TPSA) is 76.7 Å². The minimum absolute atomic E-state index is 0.0522. The van der Waals surface area contributed by atoms with Crippen molar-refractivity contribution in [3.63, 3.8) is 0 Å². The fourth-order valence-electron chi connectivity index (χ4n) is 3.16. The Morgan fingerprint density at radius 1 is 1.03 bits per heavy atom. The minimum Gasteiger partial charge on any atom is -0.377 e. The van der Waals surface area contributed by atoms with E-state index in [9.17, 15) is 14.0 Å². The largest absolute Gasteiger partial charge is 0.377 e. The number of amides is 4. The molecule has 2 aromatic carbocycles. The van der Waals surface area contributed by atoms with Gasteiger partial charge >= 0.3 is 12.1 Å². The number of urea groups is 2. The molecule has 2 rings (SSSR count). The van der Waals surface area contributed by atoms with E-state index in [1.165, 1.54) is 12.1 Å². The van der Waals surface area contributed by atoms with E-state index in [4.69, 9.17) is 0 Å². The predicted molar refractivity (Wildman–Crippen MR) is 124 cm³/mol. The van der Waals surface area contributed by atoms with Crippen molar-refractivity contribution in [2.75, 3.05) is 36.2 Å². The van der Waals surface area contributed by atoms with Crippen LogP contribution in [0.2, 0.25) is 0 Å². The monoisotopic (exact) mass is 429 g/mol. The van der Waals surface area contributed by atoms with Crippen molar-refractivity contribution in [1.29, 1.82) is 0 Å². The van der Waals surface area contributed by atoms with E-state index in [0.717, 1.165) is 17.7 Å². The Kier molecular flexibility index (Phi) is 8.66. The molecule has 31 heavy (non-hydrogen) atoms. The van der Waals surface area contributed by atoms with Crippen LogP contribution in [0.3, 0.4) is 0 Å². The molecule has 0 fully saturated rings. The number of carbonyl (C=O) groups excluding carboxylic acids is 2. The van der Waals surface area contributed by atoms with E-state index >= 15 is 0 Å². The van der Waals surface area contributed by atoms with Gasteiger partial charge in [0.1, 0.15) is 5.82 Å². The van der Waals surface area contributed by atoms with Gasteiger partial charge < -0.3 is 25.8 Å². The van der Waals surface area contributed by atoms with Crippen LogP contribution in [0.4, 0.5) is 31.0 Å². The molecular weight excluding hydrogens is 397 g/mol. The van der Waals surface area contributed by atoms with E-state index in [1.807, 2.05) is 58.0 Å². The van der Waals surface area contributed by atoms with E-state index in [0.29, 0.717) is 24.5 Å². The standard InChI is InChI=1S/C23H32FN5O2/c1-6-16(3)29(23(31)27-19-10-8-9-18(24)14-19)15-17-13-20(26-22(30)25-7-2)11-12-21(17)28(4)5/h8-14,16H,6-7,15H2,1-5H3,(H,27,31)(H2,25,26,30). The fourth-order valence-corrected chi connectivity index (χ4v) is 3.16. The fraction of sp³-hybridized carbons (Fsp3) is 0.391. The highest BCUT2D eigenvalue weighted by Gasteiger charge is 2.22. The molecule has 7 nitrogen and oxygen atoms in total. The molecule has 0 heterocycles. The van der Waals surface area contributed by atoms with Crippen LogP contribution < -0.4 is 20.9 Å². The highest BCUT2D eigenvalue weighted by molar-refractivity contribution is 5.90. The van der Waals surface area contributed by atoms with Crippen molar-refractivity contribution in [3.05, 3.63) is 53.8 Å². The van der Waals surface area contributed by atoms with E-state index in [2.05, 4.69) is 16.0 Å². The normalized spacial score (nSPS) is 11.4. The number of halogens is 1. The molecule has 0 aliphatic carbocycles. The zero-order valence-electron chi connectivity index (χ0n) is 18.8. The first-order valence-electron chi connectivity index (χ1n) is 10.4. The summed E-state index contributed by atoms with van der Waals surface area (Å²) >= 11 is 0. The molecule has 0 radical (unpaired) electrons. The molecule has 0 saturated carbocycles. The number of nitrogens with zero attached hydrogens (tertiary/aromatic N) is 2. The highest BCUT2D eigenvalue weighted by atomic mass is 19.1. The molecule has 8 heteroatoms. The van der Waals surface area contributed by atoms with Crippen LogP contribution in [0.1, 0.15) is 32.8 Å². The summed E-state index contributed by atoms with van der Waals surface area (Å²) in [6, 6.07) is 10.8. The van der Waals surface area contributed by atoms with E-state index in [1.54, 1.807) is 17.0 Å². The van der Waals surface area contributed by atoms with Gasteiger partial charge in [0.2, 0.25) is 0 Å². The molecule has 168 valence electrons. The molecule has 4 amide bonds. The number of rotatable bonds is 8. The zero-order chi connectivity index (χ0) is 23.0. The predicted octanol–water partition coefficient (Wildman–Crippen LogP) is 4.87. The van der Waals surface area contributed by atoms with Crippen molar-refractivity contribution >= 4 is 29.1 Å². The minimum atomic E-state index is -0.410. The smallest absolute Gasteiger partial charge is 0.322 e. The second-order valence-electron chi connectivity index (χ2n) is 7.55. The van der Waals surface area contributed by atoms with Crippen molar-refractivity contribution in [3.8, 4) is 0 Å². The van der Waals surface area contributed by atoms with Crippen molar-refractivity contribution < 1.29 is 14.0 Å². The Hall–Kier alpha value is -3.29. The lowest BCUT2D eigenvalue weighted by Gasteiger charge is -2.31. The lowest BCUT2D eigenvalue weighted by atomic mass is 10.1. The molecular formula is C23H32FN5O2. The SMILES string of the molecule is CCNC(=O)Nc1ccc(N(C)C)c(CN(C(=O)Nc2cccc(F)c2)C(C)CC)c1. The first kappa shape index (κ1) is 24.0. The maximum absolute atomic E-state index is 13.5. The lowest BCUT2D eigenvalue weighted by Crippen LogP contribution is -2.41. The summed E-state index contributed by atoms with van der Waals surface area (Å²) in [7, 11) is 3.85. The first-order valence-corrected chi connectivity index (χ1v) is 10.4. The van der Waals surface area contributed by atoms with Gasteiger partial charge in [-0.3, -0.25) is 0 Å². The van der Waals surface area contributed by atoms with E-state index < -0.39 is 5.82 Å².